The van der Waals surface area contributed by atoms with Crippen molar-refractivity contribution in [1.29, 1.82) is 0 Å². The van der Waals surface area contributed by atoms with E-state index in [0.29, 0.717) is 5.82 Å². The van der Waals surface area contributed by atoms with Gasteiger partial charge < -0.3 is 9.15 Å². The molecule has 61 heavy (non-hydrogen) atoms. The second-order valence-electron chi connectivity index (χ2n) is 15.9. The van der Waals surface area contributed by atoms with Crippen LogP contribution in [0.1, 0.15) is 22.3 Å². The van der Waals surface area contributed by atoms with Gasteiger partial charge in [-0.15, -0.1) is 0 Å². The summed E-state index contributed by atoms with van der Waals surface area (Å²) in [6, 6.07) is 72.9. The third kappa shape index (κ3) is 4.82. The lowest BCUT2D eigenvalue weighted by Gasteiger charge is -2.39. The van der Waals surface area contributed by atoms with Gasteiger partial charge in [0.15, 0.2) is 5.82 Å². The molecule has 0 saturated carbocycles. The fourth-order valence-corrected chi connectivity index (χ4v) is 10.3. The number of hydrogen-bond acceptors (Lipinski definition) is 4. The Morgan fingerprint density at radius 1 is 0.361 bits per heavy atom. The zero-order chi connectivity index (χ0) is 40.1. The summed E-state index contributed by atoms with van der Waals surface area (Å²) in [5, 5.41) is 4.52. The third-order valence-electron chi connectivity index (χ3n) is 12.8. The molecule has 11 aromatic rings. The SMILES string of the molecule is c1ccc2c(c1)Oc1ccccc1C21c2ccccc2-c2c(-c3nc(-c4ccccc4-c4cccc5ccccc45)cc(-c4cccc5c4oc4ccccc45)n3)cccc21. The minimum Gasteiger partial charge on any atom is -0.457 e. The van der Waals surface area contributed by atoms with E-state index < -0.39 is 5.41 Å². The zero-order valence-corrected chi connectivity index (χ0v) is 32.8. The topological polar surface area (TPSA) is 48.2 Å². The summed E-state index contributed by atoms with van der Waals surface area (Å²) in [5.41, 5.74) is 14.7. The van der Waals surface area contributed by atoms with Gasteiger partial charge in [-0.1, -0.05) is 176 Å². The number of fused-ring (bicyclic) bond motifs is 13. The molecule has 284 valence electrons. The van der Waals surface area contributed by atoms with Crippen LogP contribution >= 0.6 is 0 Å². The monoisotopic (exact) mass is 778 g/mol. The molecule has 3 heterocycles. The van der Waals surface area contributed by atoms with Crippen LogP contribution in [0.3, 0.4) is 0 Å². The largest absolute Gasteiger partial charge is 0.457 e. The Labute approximate surface area is 352 Å². The standard InChI is InChI=1S/C57H34N2O2/c1-2-18-36-35(16-1)17-13-23-37(36)38-19-3-4-20-39(38)49-34-50(43-25-14-24-41-40-21-6-10-31-51(40)61-55(41)43)59-56(58-49)44-26-15-30-48-54(44)42-22-5-7-27-45(42)57(48)46-28-8-11-32-52(46)60-53-33-12-9-29-47(53)57/h1-34H. The van der Waals surface area contributed by atoms with E-state index in [9.17, 15) is 0 Å². The van der Waals surface area contributed by atoms with Crippen LogP contribution < -0.4 is 4.74 Å². The number of hydrogen-bond donors (Lipinski definition) is 0. The van der Waals surface area contributed by atoms with Crippen LogP contribution in [0.5, 0.6) is 11.5 Å². The van der Waals surface area contributed by atoms with Crippen molar-refractivity contribution in [2.45, 2.75) is 5.41 Å². The fourth-order valence-electron chi connectivity index (χ4n) is 10.3. The highest BCUT2D eigenvalue weighted by molar-refractivity contribution is 6.09. The lowest BCUT2D eigenvalue weighted by Crippen LogP contribution is -2.32. The van der Waals surface area contributed by atoms with Crippen molar-refractivity contribution in [3.63, 3.8) is 0 Å². The highest BCUT2D eigenvalue weighted by Gasteiger charge is 2.51. The van der Waals surface area contributed by atoms with Crippen LogP contribution in [0, 0.1) is 0 Å². The van der Waals surface area contributed by atoms with Crippen molar-refractivity contribution in [3.8, 4) is 67.7 Å². The quantitative estimate of drug-likeness (QED) is 0.179. The van der Waals surface area contributed by atoms with E-state index in [4.69, 9.17) is 19.1 Å². The zero-order valence-electron chi connectivity index (χ0n) is 32.8. The van der Waals surface area contributed by atoms with Gasteiger partial charge in [0.05, 0.1) is 16.8 Å². The molecule has 13 rings (SSSR count). The van der Waals surface area contributed by atoms with Crippen LogP contribution in [0.25, 0.3) is 88.9 Å². The third-order valence-corrected chi connectivity index (χ3v) is 12.8. The molecular formula is C57H34N2O2. The molecule has 0 amide bonds. The first-order chi connectivity index (χ1) is 30.3. The van der Waals surface area contributed by atoms with Gasteiger partial charge in [-0.05, 0) is 74.5 Å². The molecule has 0 saturated heterocycles. The van der Waals surface area contributed by atoms with Crippen LogP contribution in [0.15, 0.2) is 211 Å². The van der Waals surface area contributed by atoms with Crippen LogP contribution in [0.2, 0.25) is 0 Å². The van der Waals surface area contributed by atoms with E-state index in [-0.39, 0.29) is 0 Å². The fraction of sp³-hybridized carbons (Fsp3) is 0.0175. The number of nitrogens with zero attached hydrogens (tertiary/aromatic N) is 2. The van der Waals surface area contributed by atoms with Crippen molar-refractivity contribution in [2.75, 3.05) is 0 Å². The molecule has 0 N–H and O–H groups in total. The van der Waals surface area contributed by atoms with Gasteiger partial charge in [-0.2, -0.15) is 0 Å². The molecule has 0 fully saturated rings. The maximum Gasteiger partial charge on any atom is 0.161 e. The highest BCUT2D eigenvalue weighted by Crippen LogP contribution is 2.63. The summed E-state index contributed by atoms with van der Waals surface area (Å²) in [5.74, 6) is 2.36. The van der Waals surface area contributed by atoms with Gasteiger partial charge in [-0.3, -0.25) is 0 Å². The van der Waals surface area contributed by atoms with Gasteiger partial charge in [0, 0.05) is 38.6 Å². The number of ether oxygens (including phenoxy) is 1. The van der Waals surface area contributed by atoms with E-state index >= 15 is 0 Å². The molecule has 0 atom stereocenters. The Balaban J connectivity index is 1.12. The summed E-state index contributed by atoms with van der Waals surface area (Å²) in [7, 11) is 0. The van der Waals surface area contributed by atoms with Crippen LogP contribution in [0.4, 0.5) is 0 Å². The van der Waals surface area contributed by atoms with Crippen LogP contribution in [-0.2, 0) is 5.41 Å². The second kappa shape index (κ2) is 13.0. The summed E-state index contributed by atoms with van der Waals surface area (Å²) in [4.78, 5) is 11.1. The summed E-state index contributed by atoms with van der Waals surface area (Å²) in [6.07, 6.45) is 0. The number of benzene rings is 9. The first kappa shape index (κ1) is 33.8. The molecule has 0 bridgehead atoms. The molecule has 0 unspecified atom stereocenters. The molecule has 1 aliphatic heterocycles. The van der Waals surface area contributed by atoms with E-state index in [1.165, 1.54) is 21.9 Å². The van der Waals surface area contributed by atoms with Gasteiger partial charge in [0.1, 0.15) is 22.7 Å². The minimum atomic E-state index is -0.616. The molecule has 1 spiro atoms. The van der Waals surface area contributed by atoms with Crippen molar-refractivity contribution < 1.29 is 9.15 Å². The minimum absolute atomic E-state index is 0.616. The molecule has 0 radical (unpaired) electrons. The van der Waals surface area contributed by atoms with Crippen molar-refractivity contribution in [1.82, 2.24) is 9.97 Å². The highest BCUT2D eigenvalue weighted by atomic mass is 16.5. The lowest BCUT2D eigenvalue weighted by atomic mass is 9.66. The average molecular weight is 779 g/mol. The number of furan rings is 1. The van der Waals surface area contributed by atoms with E-state index in [2.05, 4.69) is 194 Å². The molecule has 4 nitrogen and oxygen atoms in total. The molecule has 2 aliphatic rings. The van der Waals surface area contributed by atoms with Crippen molar-refractivity contribution >= 4 is 32.7 Å². The Morgan fingerprint density at radius 3 is 1.70 bits per heavy atom. The van der Waals surface area contributed by atoms with Gasteiger partial charge in [0.2, 0.25) is 0 Å². The Hall–Kier alpha value is -8.08. The first-order valence-electron chi connectivity index (χ1n) is 20.7. The molecule has 2 aromatic heterocycles. The number of rotatable bonds is 4. The summed E-state index contributed by atoms with van der Waals surface area (Å²) >= 11 is 0. The van der Waals surface area contributed by atoms with Gasteiger partial charge >= 0.3 is 0 Å². The predicted molar refractivity (Wildman–Crippen MR) is 246 cm³/mol. The molecule has 4 heteroatoms. The summed E-state index contributed by atoms with van der Waals surface area (Å²) in [6.45, 7) is 0. The smallest absolute Gasteiger partial charge is 0.161 e. The molecular weight excluding hydrogens is 745 g/mol. The number of aromatic nitrogens is 2. The van der Waals surface area contributed by atoms with Crippen LogP contribution in [-0.4, -0.2) is 9.97 Å². The molecule has 9 aromatic carbocycles. The maximum absolute atomic E-state index is 6.66. The number of para-hydroxylation sites is 4. The van der Waals surface area contributed by atoms with Crippen molar-refractivity contribution in [3.05, 3.63) is 229 Å². The Morgan fingerprint density at radius 2 is 0.885 bits per heavy atom. The maximum atomic E-state index is 6.66. The van der Waals surface area contributed by atoms with E-state index in [1.807, 2.05) is 12.1 Å². The average Bonchev–Trinajstić information content (AvgIpc) is 3.86. The Kier molecular flexibility index (Phi) is 7.19. The van der Waals surface area contributed by atoms with E-state index in [0.717, 1.165) is 94.9 Å². The normalized spacial score (nSPS) is 13.2. The van der Waals surface area contributed by atoms with Crippen molar-refractivity contribution in [2.24, 2.45) is 0 Å². The van der Waals surface area contributed by atoms with Gasteiger partial charge in [0.25, 0.3) is 0 Å². The Bertz CT molecular complexity index is 3550. The molecule has 1 aliphatic carbocycles. The second-order valence-corrected chi connectivity index (χ2v) is 15.9. The summed E-state index contributed by atoms with van der Waals surface area (Å²) < 4.78 is 13.3. The van der Waals surface area contributed by atoms with Gasteiger partial charge in [-0.25, -0.2) is 9.97 Å². The first-order valence-corrected chi connectivity index (χ1v) is 20.7. The van der Waals surface area contributed by atoms with E-state index in [1.54, 1.807) is 0 Å². The predicted octanol–water partition coefficient (Wildman–Crippen LogP) is 14.7. The lowest BCUT2D eigenvalue weighted by molar-refractivity contribution is 0.436.